The number of carbonyl (C=O) groups is 1. The van der Waals surface area contributed by atoms with Gasteiger partial charge < -0.3 is 9.88 Å². The Morgan fingerprint density at radius 3 is 2.74 bits per heavy atom. The number of aryl methyl sites for hydroxylation is 2. The maximum absolute atomic E-state index is 12.4. The first-order valence-corrected chi connectivity index (χ1v) is 10.6. The predicted octanol–water partition coefficient (Wildman–Crippen LogP) is 2.18. The minimum atomic E-state index is -0.457. The average molecular weight is 391 g/mol. The van der Waals surface area contributed by atoms with Crippen molar-refractivity contribution in [2.75, 3.05) is 12.8 Å². The Bertz CT molecular complexity index is 869. The van der Waals surface area contributed by atoms with Gasteiger partial charge in [0.25, 0.3) is 11.5 Å². The molecular formula is C18H26N6O2S. The van der Waals surface area contributed by atoms with Crippen LogP contribution in [0, 0.1) is 13.8 Å². The number of carbonyl (C=O) groups excluding carboxylic acids is 1. The van der Waals surface area contributed by atoms with Gasteiger partial charge in [-0.1, -0.05) is 24.6 Å². The van der Waals surface area contributed by atoms with Crippen LogP contribution in [-0.2, 0) is 6.42 Å². The largest absolute Gasteiger partial charge is 0.352 e. The zero-order chi connectivity index (χ0) is 19.4. The van der Waals surface area contributed by atoms with Crippen LogP contribution in [0.25, 0.3) is 0 Å². The molecular weight excluding hydrogens is 364 g/mol. The first-order chi connectivity index (χ1) is 13.0. The SMILES string of the molecule is CSc1nnc(CCCNC(=O)c2c(C)c(C)n[nH]c2=O)n1C1CCCC1. The van der Waals surface area contributed by atoms with Gasteiger partial charge in [-0.15, -0.1) is 10.2 Å². The number of aromatic nitrogens is 5. The fourth-order valence-corrected chi connectivity index (χ4v) is 4.16. The van der Waals surface area contributed by atoms with Crippen LogP contribution < -0.4 is 10.9 Å². The summed E-state index contributed by atoms with van der Waals surface area (Å²) in [5.74, 6) is 0.621. The molecule has 9 heteroatoms. The lowest BCUT2D eigenvalue weighted by atomic mass is 10.1. The van der Waals surface area contributed by atoms with Crippen LogP contribution in [-0.4, -0.2) is 43.7 Å². The van der Waals surface area contributed by atoms with Crippen LogP contribution in [0.1, 0.15) is 65.6 Å². The van der Waals surface area contributed by atoms with E-state index in [1.54, 1.807) is 25.6 Å². The number of H-pyrrole nitrogens is 1. The maximum Gasteiger partial charge on any atom is 0.277 e. The second kappa shape index (κ2) is 8.69. The van der Waals surface area contributed by atoms with Crippen LogP contribution in [0.5, 0.6) is 0 Å². The topological polar surface area (TPSA) is 106 Å². The van der Waals surface area contributed by atoms with E-state index in [1.165, 1.54) is 25.7 Å². The van der Waals surface area contributed by atoms with Crippen molar-refractivity contribution in [1.29, 1.82) is 0 Å². The van der Waals surface area contributed by atoms with Gasteiger partial charge in [0.15, 0.2) is 5.16 Å². The van der Waals surface area contributed by atoms with Gasteiger partial charge in [0.2, 0.25) is 0 Å². The standard InChI is InChI=1S/C18H26N6O2S/c1-11-12(2)20-22-17(26)15(11)16(25)19-10-6-9-14-21-23-18(27-3)24(14)13-7-4-5-8-13/h13H,4-10H2,1-3H3,(H,19,25)(H,22,26). The number of nitrogens with one attached hydrogen (secondary N) is 2. The van der Waals surface area contributed by atoms with E-state index in [0.717, 1.165) is 23.8 Å². The van der Waals surface area contributed by atoms with E-state index in [2.05, 4.69) is 30.3 Å². The number of thioether (sulfide) groups is 1. The number of nitrogens with zero attached hydrogens (tertiary/aromatic N) is 4. The minimum absolute atomic E-state index is 0.140. The summed E-state index contributed by atoms with van der Waals surface area (Å²) >= 11 is 1.62. The summed E-state index contributed by atoms with van der Waals surface area (Å²) in [7, 11) is 0. The number of amides is 1. The lowest BCUT2D eigenvalue weighted by molar-refractivity contribution is 0.0950. The van der Waals surface area contributed by atoms with E-state index < -0.39 is 5.56 Å². The third-order valence-corrected chi connectivity index (χ3v) is 5.81. The Morgan fingerprint density at radius 2 is 2.04 bits per heavy atom. The molecule has 2 aromatic rings. The second-order valence-corrected chi connectivity index (χ2v) is 7.68. The summed E-state index contributed by atoms with van der Waals surface area (Å²) in [6.45, 7) is 3.98. The third-order valence-electron chi connectivity index (χ3n) is 5.17. The minimum Gasteiger partial charge on any atom is -0.352 e. The van der Waals surface area contributed by atoms with Gasteiger partial charge in [0.05, 0.1) is 5.69 Å². The summed E-state index contributed by atoms with van der Waals surface area (Å²) in [6.07, 6.45) is 8.38. The number of rotatable bonds is 7. The number of hydrogen-bond acceptors (Lipinski definition) is 6. The van der Waals surface area contributed by atoms with E-state index in [4.69, 9.17) is 0 Å². The molecule has 0 radical (unpaired) electrons. The zero-order valence-corrected chi connectivity index (χ0v) is 16.9. The molecule has 146 valence electrons. The average Bonchev–Trinajstić information content (AvgIpc) is 3.31. The van der Waals surface area contributed by atoms with Gasteiger partial charge in [-0.2, -0.15) is 5.10 Å². The van der Waals surface area contributed by atoms with Crippen molar-refractivity contribution in [1.82, 2.24) is 30.3 Å². The Hall–Kier alpha value is -2.16. The van der Waals surface area contributed by atoms with Crippen molar-refractivity contribution in [2.24, 2.45) is 0 Å². The normalized spacial score (nSPS) is 14.6. The van der Waals surface area contributed by atoms with E-state index in [0.29, 0.717) is 23.8 Å². The lowest BCUT2D eigenvalue weighted by Crippen LogP contribution is -2.32. The molecule has 0 unspecified atom stereocenters. The molecule has 1 aliphatic carbocycles. The molecule has 2 N–H and O–H groups in total. The molecule has 2 heterocycles. The summed E-state index contributed by atoms with van der Waals surface area (Å²) in [5, 5.41) is 18.7. The quantitative estimate of drug-likeness (QED) is 0.554. The Balaban J connectivity index is 1.60. The molecule has 2 aromatic heterocycles. The van der Waals surface area contributed by atoms with Crippen LogP contribution in [0.2, 0.25) is 0 Å². The van der Waals surface area contributed by atoms with Crippen molar-refractivity contribution in [3.05, 3.63) is 33.0 Å². The Labute approximate surface area is 162 Å². The highest BCUT2D eigenvalue weighted by Gasteiger charge is 2.23. The van der Waals surface area contributed by atoms with Gasteiger partial charge in [0.1, 0.15) is 11.4 Å². The molecule has 0 spiro atoms. The molecule has 0 aromatic carbocycles. The predicted molar refractivity (Wildman–Crippen MR) is 104 cm³/mol. The summed E-state index contributed by atoms with van der Waals surface area (Å²) in [4.78, 5) is 24.3. The van der Waals surface area contributed by atoms with Crippen LogP contribution in [0.15, 0.2) is 9.95 Å². The van der Waals surface area contributed by atoms with Crippen molar-refractivity contribution >= 4 is 17.7 Å². The Kier molecular flexibility index (Phi) is 6.30. The summed E-state index contributed by atoms with van der Waals surface area (Å²) in [6, 6.07) is 0.494. The zero-order valence-electron chi connectivity index (χ0n) is 16.0. The molecule has 0 bridgehead atoms. The highest BCUT2D eigenvalue weighted by Crippen LogP contribution is 2.33. The lowest BCUT2D eigenvalue weighted by Gasteiger charge is -2.16. The maximum atomic E-state index is 12.4. The van der Waals surface area contributed by atoms with Gasteiger partial charge in [-0.3, -0.25) is 9.59 Å². The van der Waals surface area contributed by atoms with Gasteiger partial charge in [-0.05, 0) is 44.9 Å². The molecule has 3 rings (SSSR count). The number of aromatic amines is 1. The van der Waals surface area contributed by atoms with Crippen molar-refractivity contribution in [2.45, 2.75) is 63.6 Å². The van der Waals surface area contributed by atoms with Crippen LogP contribution >= 0.6 is 11.8 Å². The second-order valence-electron chi connectivity index (χ2n) is 6.91. The van der Waals surface area contributed by atoms with Crippen molar-refractivity contribution < 1.29 is 4.79 Å². The van der Waals surface area contributed by atoms with Gasteiger partial charge in [-0.25, -0.2) is 5.10 Å². The van der Waals surface area contributed by atoms with Crippen LogP contribution in [0.3, 0.4) is 0 Å². The molecule has 0 aliphatic heterocycles. The monoisotopic (exact) mass is 390 g/mol. The smallest absolute Gasteiger partial charge is 0.277 e. The first kappa shape index (κ1) is 19.6. The van der Waals surface area contributed by atoms with E-state index >= 15 is 0 Å². The van der Waals surface area contributed by atoms with Crippen LogP contribution in [0.4, 0.5) is 0 Å². The summed E-state index contributed by atoms with van der Waals surface area (Å²) < 4.78 is 2.28. The van der Waals surface area contributed by atoms with Crippen molar-refractivity contribution in [3.8, 4) is 0 Å². The molecule has 1 saturated carbocycles. The van der Waals surface area contributed by atoms with Gasteiger partial charge >= 0.3 is 0 Å². The molecule has 27 heavy (non-hydrogen) atoms. The highest BCUT2D eigenvalue weighted by atomic mass is 32.2. The molecule has 1 fully saturated rings. The van der Waals surface area contributed by atoms with Gasteiger partial charge in [0, 0.05) is 19.0 Å². The fourth-order valence-electron chi connectivity index (χ4n) is 3.58. The first-order valence-electron chi connectivity index (χ1n) is 9.34. The van der Waals surface area contributed by atoms with E-state index in [-0.39, 0.29) is 11.5 Å². The third kappa shape index (κ3) is 4.23. The van der Waals surface area contributed by atoms with Crippen molar-refractivity contribution in [3.63, 3.8) is 0 Å². The molecule has 0 saturated heterocycles. The highest BCUT2D eigenvalue weighted by molar-refractivity contribution is 7.98. The van der Waals surface area contributed by atoms with E-state index in [9.17, 15) is 9.59 Å². The molecule has 1 amide bonds. The Morgan fingerprint density at radius 1 is 1.30 bits per heavy atom. The summed E-state index contributed by atoms with van der Waals surface area (Å²) in [5.41, 5.74) is 0.943. The number of hydrogen-bond donors (Lipinski definition) is 2. The molecule has 1 aliphatic rings. The molecule has 8 nitrogen and oxygen atoms in total. The molecule has 0 atom stereocenters. The fraction of sp³-hybridized carbons (Fsp3) is 0.611. The van der Waals surface area contributed by atoms with E-state index in [1.807, 2.05) is 6.26 Å².